The first-order valence-electron chi connectivity index (χ1n) is 8.18. The fraction of sp³-hybridized carbons (Fsp3) is 0.500. The third-order valence-corrected chi connectivity index (χ3v) is 6.84. The first-order valence-corrected chi connectivity index (χ1v) is 10.6. The Balaban J connectivity index is 1.65. The van der Waals surface area contributed by atoms with Crippen LogP contribution in [0, 0.1) is 0 Å². The van der Waals surface area contributed by atoms with Crippen LogP contribution in [-0.2, 0) is 16.4 Å². The molecule has 0 bridgehead atoms. The zero-order chi connectivity index (χ0) is 17.0. The molecule has 0 amide bonds. The minimum atomic E-state index is -3.11. The number of hydrogen-bond donors (Lipinski definition) is 0. The molecule has 130 valence electrons. The van der Waals surface area contributed by atoms with Crippen LogP contribution in [0.15, 0.2) is 30.3 Å². The topological polar surface area (TPSA) is 66.4 Å². The van der Waals surface area contributed by atoms with E-state index >= 15 is 0 Å². The standard InChI is InChI=1S/C16H22N4O2S2/c1-2-24(21,22)20-10-6-9-19(11-12-20)16-17-15(18-23-16)13-14-7-4-3-5-8-14/h3-5,7-8H,2,6,9-13H2,1H3. The zero-order valence-electron chi connectivity index (χ0n) is 13.8. The Labute approximate surface area is 147 Å². The molecule has 0 atom stereocenters. The van der Waals surface area contributed by atoms with Crippen molar-refractivity contribution < 1.29 is 8.42 Å². The SMILES string of the molecule is CCS(=O)(=O)N1CCCN(c2nc(Cc3ccccc3)ns2)CC1. The molecule has 0 radical (unpaired) electrons. The summed E-state index contributed by atoms with van der Waals surface area (Å²) in [6, 6.07) is 10.2. The Bertz CT molecular complexity index is 761. The van der Waals surface area contributed by atoms with Gasteiger partial charge in [-0.15, -0.1) is 0 Å². The molecule has 1 aromatic heterocycles. The fourth-order valence-electron chi connectivity index (χ4n) is 2.77. The first-order chi connectivity index (χ1) is 11.6. The summed E-state index contributed by atoms with van der Waals surface area (Å²) in [6.45, 7) is 4.28. The predicted octanol–water partition coefficient (Wildman–Crippen LogP) is 1.99. The largest absolute Gasteiger partial charge is 0.345 e. The highest BCUT2D eigenvalue weighted by Gasteiger charge is 2.24. The van der Waals surface area contributed by atoms with Gasteiger partial charge in [0, 0.05) is 44.1 Å². The van der Waals surface area contributed by atoms with Gasteiger partial charge in [0.1, 0.15) is 5.82 Å². The van der Waals surface area contributed by atoms with E-state index in [1.807, 2.05) is 18.2 Å². The molecule has 1 aromatic carbocycles. The van der Waals surface area contributed by atoms with E-state index in [0.717, 1.165) is 30.3 Å². The number of rotatable bonds is 5. The van der Waals surface area contributed by atoms with Gasteiger partial charge in [-0.05, 0) is 18.9 Å². The van der Waals surface area contributed by atoms with Gasteiger partial charge in [-0.1, -0.05) is 30.3 Å². The summed E-state index contributed by atoms with van der Waals surface area (Å²) >= 11 is 1.40. The van der Waals surface area contributed by atoms with Crippen molar-refractivity contribution in [1.29, 1.82) is 0 Å². The van der Waals surface area contributed by atoms with E-state index in [2.05, 4.69) is 26.4 Å². The molecule has 0 spiro atoms. The van der Waals surface area contributed by atoms with E-state index in [0.29, 0.717) is 19.6 Å². The predicted molar refractivity (Wildman–Crippen MR) is 97.0 cm³/mol. The Morgan fingerprint density at radius 3 is 2.67 bits per heavy atom. The smallest absolute Gasteiger partial charge is 0.213 e. The average molecular weight is 367 g/mol. The lowest BCUT2D eigenvalue weighted by Crippen LogP contribution is -2.36. The zero-order valence-corrected chi connectivity index (χ0v) is 15.4. The molecule has 1 aliphatic rings. The van der Waals surface area contributed by atoms with Crippen LogP contribution in [-0.4, -0.2) is 54.0 Å². The van der Waals surface area contributed by atoms with Gasteiger partial charge in [-0.25, -0.2) is 17.7 Å². The van der Waals surface area contributed by atoms with Gasteiger partial charge in [0.05, 0.1) is 5.75 Å². The molecule has 24 heavy (non-hydrogen) atoms. The molecular weight excluding hydrogens is 344 g/mol. The molecule has 1 saturated heterocycles. The molecule has 6 nitrogen and oxygen atoms in total. The second-order valence-corrected chi connectivity index (χ2v) is 8.78. The highest BCUT2D eigenvalue weighted by Crippen LogP contribution is 2.21. The molecule has 0 unspecified atom stereocenters. The van der Waals surface area contributed by atoms with Gasteiger partial charge < -0.3 is 4.90 Å². The molecule has 0 N–H and O–H groups in total. The van der Waals surface area contributed by atoms with Crippen molar-refractivity contribution in [3.05, 3.63) is 41.7 Å². The summed E-state index contributed by atoms with van der Waals surface area (Å²) in [5.74, 6) is 0.982. The van der Waals surface area contributed by atoms with E-state index in [9.17, 15) is 8.42 Å². The quantitative estimate of drug-likeness (QED) is 0.810. The number of anilines is 1. The minimum Gasteiger partial charge on any atom is -0.345 e. The molecule has 0 saturated carbocycles. The van der Waals surface area contributed by atoms with Crippen molar-refractivity contribution >= 4 is 26.7 Å². The second-order valence-electron chi connectivity index (χ2n) is 5.80. The molecule has 8 heteroatoms. The molecule has 1 fully saturated rings. The van der Waals surface area contributed by atoms with Crippen molar-refractivity contribution in [1.82, 2.24) is 13.7 Å². The van der Waals surface area contributed by atoms with Crippen LogP contribution >= 0.6 is 11.5 Å². The van der Waals surface area contributed by atoms with Gasteiger partial charge in [0.15, 0.2) is 0 Å². The Kier molecular flexibility index (Phi) is 5.47. The highest BCUT2D eigenvalue weighted by atomic mass is 32.2. The highest BCUT2D eigenvalue weighted by molar-refractivity contribution is 7.89. The van der Waals surface area contributed by atoms with E-state index in [1.54, 1.807) is 11.2 Å². The van der Waals surface area contributed by atoms with E-state index in [1.165, 1.54) is 17.1 Å². The average Bonchev–Trinajstić information content (AvgIpc) is 2.90. The summed E-state index contributed by atoms with van der Waals surface area (Å²) in [5, 5.41) is 0.886. The fourth-order valence-corrected chi connectivity index (χ4v) is 4.64. The van der Waals surface area contributed by atoms with Crippen LogP contribution in [0.5, 0.6) is 0 Å². The summed E-state index contributed by atoms with van der Waals surface area (Å²) in [6.07, 6.45) is 1.54. The molecule has 0 aliphatic carbocycles. The van der Waals surface area contributed by atoms with Crippen LogP contribution in [0.3, 0.4) is 0 Å². The minimum absolute atomic E-state index is 0.160. The van der Waals surface area contributed by atoms with Crippen LogP contribution in [0.2, 0.25) is 0 Å². The first kappa shape index (κ1) is 17.3. The van der Waals surface area contributed by atoms with Gasteiger partial charge >= 0.3 is 0 Å². The summed E-state index contributed by atoms with van der Waals surface area (Å²) in [4.78, 5) is 6.79. The van der Waals surface area contributed by atoms with Crippen molar-refractivity contribution in [3.63, 3.8) is 0 Å². The molecule has 2 aromatic rings. The van der Waals surface area contributed by atoms with E-state index in [4.69, 9.17) is 0 Å². The lowest BCUT2D eigenvalue weighted by molar-refractivity contribution is 0.434. The normalized spacial score (nSPS) is 17.0. The van der Waals surface area contributed by atoms with Crippen molar-refractivity contribution in [2.75, 3.05) is 36.8 Å². The van der Waals surface area contributed by atoms with Gasteiger partial charge in [-0.2, -0.15) is 4.37 Å². The van der Waals surface area contributed by atoms with Gasteiger partial charge in [-0.3, -0.25) is 0 Å². The third-order valence-electron chi connectivity index (χ3n) is 4.15. The summed E-state index contributed by atoms with van der Waals surface area (Å²) in [7, 11) is -3.11. The molecular formula is C16H22N4O2S2. The Morgan fingerprint density at radius 1 is 1.12 bits per heavy atom. The van der Waals surface area contributed by atoms with Crippen LogP contribution in [0.25, 0.3) is 0 Å². The third kappa shape index (κ3) is 4.12. The molecule has 3 rings (SSSR count). The van der Waals surface area contributed by atoms with Crippen molar-refractivity contribution in [2.45, 2.75) is 19.8 Å². The Morgan fingerprint density at radius 2 is 1.92 bits per heavy atom. The Hall–Kier alpha value is -1.51. The van der Waals surface area contributed by atoms with Gasteiger partial charge in [0.2, 0.25) is 15.2 Å². The number of aromatic nitrogens is 2. The number of hydrogen-bond acceptors (Lipinski definition) is 6. The summed E-state index contributed by atoms with van der Waals surface area (Å²) in [5.41, 5.74) is 1.19. The van der Waals surface area contributed by atoms with Crippen LogP contribution in [0.1, 0.15) is 24.7 Å². The maximum Gasteiger partial charge on any atom is 0.213 e. The monoisotopic (exact) mass is 366 g/mol. The number of benzene rings is 1. The van der Waals surface area contributed by atoms with E-state index < -0.39 is 10.0 Å². The number of sulfonamides is 1. The maximum atomic E-state index is 12.0. The lowest BCUT2D eigenvalue weighted by atomic mass is 10.1. The van der Waals surface area contributed by atoms with Gasteiger partial charge in [0.25, 0.3) is 0 Å². The van der Waals surface area contributed by atoms with E-state index in [-0.39, 0.29) is 5.75 Å². The second kappa shape index (κ2) is 7.58. The van der Waals surface area contributed by atoms with Crippen molar-refractivity contribution in [3.8, 4) is 0 Å². The molecule has 2 heterocycles. The summed E-state index contributed by atoms with van der Waals surface area (Å²) < 4.78 is 30.1. The van der Waals surface area contributed by atoms with Crippen LogP contribution < -0.4 is 4.90 Å². The van der Waals surface area contributed by atoms with Crippen molar-refractivity contribution in [2.24, 2.45) is 0 Å². The maximum absolute atomic E-state index is 12.0. The van der Waals surface area contributed by atoms with Crippen LogP contribution in [0.4, 0.5) is 5.13 Å². The lowest BCUT2D eigenvalue weighted by Gasteiger charge is -2.20. The number of nitrogens with zero attached hydrogens (tertiary/aromatic N) is 4. The molecule has 1 aliphatic heterocycles.